The number of hydrogen-bond donors (Lipinski definition) is 2. The van der Waals surface area contributed by atoms with E-state index in [2.05, 4.69) is 17.6 Å². The average Bonchev–Trinajstić information content (AvgIpc) is 2.75. The summed E-state index contributed by atoms with van der Waals surface area (Å²) in [5.74, 6) is 0.219. The molecule has 0 aromatic carbocycles. The molecule has 2 N–H and O–H groups in total. The van der Waals surface area contributed by atoms with Crippen LogP contribution in [0.5, 0.6) is 0 Å². The van der Waals surface area contributed by atoms with Gasteiger partial charge in [-0.1, -0.05) is 6.92 Å². The molecule has 1 spiro atoms. The first-order chi connectivity index (χ1) is 10.9. The first-order valence-electron chi connectivity index (χ1n) is 8.57. The molecule has 1 aliphatic carbocycles. The molecule has 4 amide bonds. The van der Waals surface area contributed by atoms with Crippen molar-refractivity contribution in [3.05, 3.63) is 0 Å². The predicted molar refractivity (Wildman–Crippen MR) is 84.7 cm³/mol. The van der Waals surface area contributed by atoms with Crippen LogP contribution in [0.3, 0.4) is 0 Å². The molecule has 1 saturated carbocycles. The first kappa shape index (κ1) is 16.2. The quantitative estimate of drug-likeness (QED) is 0.717. The van der Waals surface area contributed by atoms with Gasteiger partial charge in [0.2, 0.25) is 5.91 Å². The molecule has 2 saturated heterocycles. The minimum Gasteiger partial charge on any atom is -0.336 e. The number of piperazine rings is 1. The summed E-state index contributed by atoms with van der Waals surface area (Å²) in [6.07, 6.45) is 3.21. The summed E-state index contributed by atoms with van der Waals surface area (Å²) < 4.78 is 0. The number of urea groups is 1. The van der Waals surface area contributed by atoms with Crippen molar-refractivity contribution in [2.24, 2.45) is 5.92 Å². The molecule has 0 unspecified atom stereocenters. The summed E-state index contributed by atoms with van der Waals surface area (Å²) in [7, 11) is 0. The van der Waals surface area contributed by atoms with E-state index in [-0.39, 0.29) is 24.4 Å². The highest BCUT2D eigenvalue weighted by Gasteiger charge is 2.52. The zero-order valence-electron chi connectivity index (χ0n) is 13.9. The van der Waals surface area contributed by atoms with Gasteiger partial charge in [0, 0.05) is 25.7 Å². The molecule has 0 aromatic rings. The number of nitrogens with one attached hydrogen (secondary N) is 2. The molecule has 3 aliphatic rings. The summed E-state index contributed by atoms with van der Waals surface area (Å²) in [5, 5.41) is 6.09. The normalized spacial score (nSPS) is 34.9. The van der Waals surface area contributed by atoms with Gasteiger partial charge < -0.3 is 15.5 Å². The van der Waals surface area contributed by atoms with Crippen molar-refractivity contribution in [3.8, 4) is 0 Å². The third-order valence-electron chi connectivity index (χ3n) is 5.49. The Labute approximate surface area is 136 Å². The van der Waals surface area contributed by atoms with E-state index in [1.54, 1.807) is 4.90 Å². The van der Waals surface area contributed by atoms with Crippen LogP contribution >= 0.6 is 0 Å². The van der Waals surface area contributed by atoms with Crippen LogP contribution in [-0.4, -0.2) is 65.4 Å². The minimum absolute atomic E-state index is 0.0847. The lowest BCUT2D eigenvalue weighted by atomic mass is 9.77. The van der Waals surface area contributed by atoms with Crippen molar-refractivity contribution in [1.29, 1.82) is 0 Å². The summed E-state index contributed by atoms with van der Waals surface area (Å²) in [6, 6.07) is -0.331. The van der Waals surface area contributed by atoms with E-state index in [1.165, 1.54) is 0 Å². The second-order valence-electron chi connectivity index (χ2n) is 7.23. The fourth-order valence-electron chi connectivity index (χ4n) is 3.85. The number of carbonyl (C=O) groups is 3. The summed E-state index contributed by atoms with van der Waals surface area (Å²) in [4.78, 5) is 40.4. The number of imide groups is 1. The maximum atomic E-state index is 12.8. The third-order valence-corrected chi connectivity index (χ3v) is 5.49. The van der Waals surface area contributed by atoms with Gasteiger partial charge in [-0.05, 0) is 38.5 Å². The van der Waals surface area contributed by atoms with Crippen LogP contribution in [0, 0.1) is 5.92 Å². The Morgan fingerprint density at radius 1 is 1.26 bits per heavy atom. The molecule has 7 heteroatoms. The molecule has 3 rings (SSSR count). The third kappa shape index (κ3) is 2.94. The zero-order chi connectivity index (χ0) is 16.6. The molecule has 23 heavy (non-hydrogen) atoms. The molecule has 0 bridgehead atoms. The van der Waals surface area contributed by atoms with Gasteiger partial charge in [-0.3, -0.25) is 14.5 Å². The van der Waals surface area contributed by atoms with E-state index in [0.717, 1.165) is 30.8 Å². The molecular weight excluding hydrogens is 296 g/mol. The molecule has 0 radical (unpaired) electrons. The number of amides is 4. The van der Waals surface area contributed by atoms with Crippen molar-refractivity contribution >= 4 is 17.8 Å². The topological polar surface area (TPSA) is 81.8 Å². The summed E-state index contributed by atoms with van der Waals surface area (Å²) in [5.41, 5.74) is -0.765. The number of carbonyl (C=O) groups excluding carboxylic acids is 3. The van der Waals surface area contributed by atoms with Crippen LogP contribution < -0.4 is 10.6 Å². The second-order valence-corrected chi connectivity index (χ2v) is 7.23. The van der Waals surface area contributed by atoms with Gasteiger partial charge in [0.05, 0.1) is 0 Å². The lowest BCUT2D eigenvalue weighted by Crippen LogP contribution is -2.55. The Balaban J connectivity index is 1.67. The first-order valence-corrected chi connectivity index (χ1v) is 8.57. The Hall–Kier alpha value is -1.63. The van der Waals surface area contributed by atoms with Crippen molar-refractivity contribution in [2.75, 3.05) is 26.2 Å². The fraction of sp³-hybridized carbons (Fsp3) is 0.812. The molecule has 1 atom stereocenters. The predicted octanol–water partition coefficient (Wildman–Crippen LogP) is 0.307. The van der Waals surface area contributed by atoms with Crippen LogP contribution in [0.15, 0.2) is 0 Å². The van der Waals surface area contributed by atoms with E-state index in [4.69, 9.17) is 0 Å². The number of nitrogens with zero attached hydrogens (tertiary/aromatic N) is 2. The number of rotatable bonds is 2. The van der Waals surface area contributed by atoms with Crippen LogP contribution in [0.25, 0.3) is 0 Å². The molecule has 3 fully saturated rings. The SMILES string of the molecule is CC1CCC2(CC1)NC(=O)N(CC(=O)N1CCNC[C@H]1C)C2=O. The molecule has 7 nitrogen and oxygen atoms in total. The highest BCUT2D eigenvalue weighted by molar-refractivity contribution is 6.09. The highest BCUT2D eigenvalue weighted by Crippen LogP contribution is 2.36. The maximum Gasteiger partial charge on any atom is 0.325 e. The zero-order valence-corrected chi connectivity index (χ0v) is 13.9. The van der Waals surface area contributed by atoms with Gasteiger partial charge >= 0.3 is 6.03 Å². The highest BCUT2D eigenvalue weighted by atomic mass is 16.2. The van der Waals surface area contributed by atoms with E-state index in [1.807, 2.05) is 6.92 Å². The van der Waals surface area contributed by atoms with Gasteiger partial charge in [0.15, 0.2) is 0 Å². The van der Waals surface area contributed by atoms with Crippen LogP contribution in [0.2, 0.25) is 0 Å². The van der Waals surface area contributed by atoms with Gasteiger partial charge in [0.25, 0.3) is 5.91 Å². The minimum atomic E-state index is -0.765. The van der Waals surface area contributed by atoms with Gasteiger partial charge in [-0.15, -0.1) is 0 Å². The van der Waals surface area contributed by atoms with Crippen molar-refractivity contribution in [3.63, 3.8) is 0 Å². The number of hydrogen-bond acceptors (Lipinski definition) is 4. The monoisotopic (exact) mass is 322 g/mol. The Morgan fingerprint density at radius 2 is 1.96 bits per heavy atom. The molecule has 2 heterocycles. The lowest BCUT2D eigenvalue weighted by molar-refractivity contribution is -0.141. The van der Waals surface area contributed by atoms with Crippen molar-refractivity contribution in [2.45, 2.75) is 51.1 Å². The lowest BCUT2D eigenvalue weighted by Gasteiger charge is -2.35. The van der Waals surface area contributed by atoms with Gasteiger partial charge in [0.1, 0.15) is 12.1 Å². The van der Waals surface area contributed by atoms with E-state index in [0.29, 0.717) is 25.3 Å². The fourth-order valence-corrected chi connectivity index (χ4v) is 3.85. The van der Waals surface area contributed by atoms with Crippen LogP contribution in [0.1, 0.15) is 39.5 Å². The summed E-state index contributed by atoms with van der Waals surface area (Å²) >= 11 is 0. The largest absolute Gasteiger partial charge is 0.336 e. The standard InChI is InChI=1S/C16H26N4O3/c1-11-3-5-16(6-4-11)14(22)20(15(23)18-16)10-13(21)19-8-7-17-9-12(19)2/h11-12,17H,3-10H2,1-2H3,(H,18,23)/t11?,12-,16?/m1/s1. The van der Waals surface area contributed by atoms with E-state index in [9.17, 15) is 14.4 Å². The van der Waals surface area contributed by atoms with Crippen molar-refractivity contribution < 1.29 is 14.4 Å². The average molecular weight is 322 g/mol. The van der Waals surface area contributed by atoms with Gasteiger partial charge in [-0.2, -0.15) is 0 Å². The molecule has 0 aromatic heterocycles. The van der Waals surface area contributed by atoms with Crippen LogP contribution in [-0.2, 0) is 9.59 Å². The van der Waals surface area contributed by atoms with Crippen molar-refractivity contribution in [1.82, 2.24) is 20.4 Å². The maximum absolute atomic E-state index is 12.8. The molecule has 2 aliphatic heterocycles. The second kappa shape index (κ2) is 6.11. The van der Waals surface area contributed by atoms with E-state index >= 15 is 0 Å². The van der Waals surface area contributed by atoms with E-state index < -0.39 is 11.6 Å². The molecule has 128 valence electrons. The van der Waals surface area contributed by atoms with Gasteiger partial charge in [-0.25, -0.2) is 4.79 Å². The smallest absolute Gasteiger partial charge is 0.325 e. The Morgan fingerprint density at radius 3 is 2.61 bits per heavy atom. The Kier molecular flexibility index (Phi) is 4.31. The van der Waals surface area contributed by atoms with Crippen LogP contribution in [0.4, 0.5) is 4.79 Å². The summed E-state index contributed by atoms with van der Waals surface area (Å²) in [6.45, 7) is 6.10. The molecular formula is C16H26N4O3. The Bertz CT molecular complexity index is 513.